The predicted molar refractivity (Wildman–Crippen MR) is 139 cm³/mol. The van der Waals surface area contributed by atoms with Gasteiger partial charge in [-0.3, -0.25) is 0 Å². The summed E-state index contributed by atoms with van der Waals surface area (Å²) in [6.07, 6.45) is 14.1. The predicted octanol–water partition coefficient (Wildman–Crippen LogP) is 7.07. The van der Waals surface area contributed by atoms with E-state index in [-0.39, 0.29) is 17.6 Å². The Hall–Kier alpha value is -2.57. The average Bonchev–Trinajstić information content (AvgIpc) is 2.77. The molecule has 2 aliphatic rings. The summed E-state index contributed by atoms with van der Waals surface area (Å²) in [6.45, 7) is 18.8. The van der Waals surface area contributed by atoms with Crippen LogP contribution in [0.2, 0.25) is 0 Å². The van der Waals surface area contributed by atoms with Crippen LogP contribution in [0.1, 0.15) is 70.1 Å². The van der Waals surface area contributed by atoms with Crippen molar-refractivity contribution in [1.29, 1.82) is 5.26 Å². The molecule has 1 fully saturated rings. The van der Waals surface area contributed by atoms with Crippen molar-refractivity contribution in [1.82, 2.24) is 4.90 Å². The van der Waals surface area contributed by atoms with E-state index in [1.165, 1.54) is 5.57 Å². The maximum Gasteiger partial charge on any atom is 0.0994 e. The molecule has 33 heavy (non-hydrogen) atoms. The van der Waals surface area contributed by atoms with Crippen LogP contribution in [0.25, 0.3) is 5.70 Å². The van der Waals surface area contributed by atoms with E-state index < -0.39 is 0 Å². The molecule has 1 atom stereocenters. The van der Waals surface area contributed by atoms with Gasteiger partial charge in [0.1, 0.15) is 0 Å². The number of rotatable bonds is 8. The highest BCUT2D eigenvalue weighted by molar-refractivity contribution is 5.64. The van der Waals surface area contributed by atoms with Crippen LogP contribution in [0.15, 0.2) is 61.2 Å². The maximum absolute atomic E-state index is 9.67. The molecule has 1 saturated heterocycles. The summed E-state index contributed by atoms with van der Waals surface area (Å²) in [5, 5.41) is 9.67. The summed E-state index contributed by atoms with van der Waals surface area (Å²) < 4.78 is 6.24. The fourth-order valence-electron chi connectivity index (χ4n) is 5.32. The van der Waals surface area contributed by atoms with E-state index in [1.807, 2.05) is 18.2 Å². The SMILES string of the molecule is C=C/C=C\C1=CC(OC(C)C)CC2(CCN(C(=C)c3ccc(CC(C)C)c(C#N)c3)CC2)C1. The standard InChI is InChI=1S/C30H40N2O/c1-7-8-9-25-17-29(33-23(4)5)20-30(19-25)12-14-32(15-13-30)24(6)26-10-11-27(16-22(2)3)28(18-26)21-31/h7-11,17-18,22-23,29H,1,6,12-16,19-20H2,2-5H3/b9-8-. The zero-order valence-electron chi connectivity index (χ0n) is 20.9. The molecule has 176 valence electrons. The summed E-state index contributed by atoms with van der Waals surface area (Å²) in [7, 11) is 0. The van der Waals surface area contributed by atoms with Gasteiger partial charge in [0, 0.05) is 18.8 Å². The van der Waals surface area contributed by atoms with Crippen LogP contribution in [-0.2, 0) is 11.2 Å². The fraction of sp³-hybridized carbons (Fsp3) is 0.500. The molecule has 0 bridgehead atoms. The van der Waals surface area contributed by atoms with Gasteiger partial charge in [-0.15, -0.1) is 0 Å². The van der Waals surface area contributed by atoms with Crippen LogP contribution in [-0.4, -0.2) is 30.2 Å². The van der Waals surface area contributed by atoms with Gasteiger partial charge in [0.25, 0.3) is 0 Å². The number of ether oxygens (including phenoxy) is 1. The third-order valence-electron chi connectivity index (χ3n) is 6.90. The number of nitriles is 1. The van der Waals surface area contributed by atoms with Crippen molar-refractivity contribution in [2.24, 2.45) is 11.3 Å². The third kappa shape index (κ3) is 6.49. The van der Waals surface area contributed by atoms with Gasteiger partial charge in [-0.1, -0.05) is 63.4 Å². The summed E-state index contributed by atoms with van der Waals surface area (Å²) in [4.78, 5) is 2.40. The Balaban J connectivity index is 1.71. The highest BCUT2D eigenvalue weighted by Gasteiger charge is 2.40. The zero-order valence-corrected chi connectivity index (χ0v) is 20.9. The van der Waals surface area contributed by atoms with Crippen molar-refractivity contribution < 1.29 is 4.74 Å². The van der Waals surface area contributed by atoms with Crippen LogP contribution < -0.4 is 0 Å². The van der Waals surface area contributed by atoms with E-state index in [4.69, 9.17) is 4.74 Å². The fourth-order valence-corrected chi connectivity index (χ4v) is 5.32. The molecule has 0 N–H and O–H groups in total. The van der Waals surface area contributed by atoms with E-state index in [2.05, 4.69) is 76.1 Å². The summed E-state index contributed by atoms with van der Waals surface area (Å²) in [6, 6.07) is 8.67. The first-order valence-electron chi connectivity index (χ1n) is 12.4. The molecule has 1 aliphatic heterocycles. The van der Waals surface area contributed by atoms with Gasteiger partial charge < -0.3 is 9.64 Å². The largest absolute Gasteiger partial charge is 0.371 e. The van der Waals surface area contributed by atoms with Gasteiger partial charge in [0.2, 0.25) is 0 Å². The third-order valence-corrected chi connectivity index (χ3v) is 6.90. The van der Waals surface area contributed by atoms with Crippen molar-refractivity contribution in [2.45, 2.75) is 72.0 Å². The number of allylic oxidation sites excluding steroid dienone is 4. The first kappa shape index (κ1) is 25.1. The Morgan fingerprint density at radius 3 is 2.61 bits per heavy atom. The first-order chi connectivity index (χ1) is 15.7. The van der Waals surface area contributed by atoms with E-state index in [1.54, 1.807) is 0 Å². The number of nitrogens with zero attached hydrogens (tertiary/aromatic N) is 2. The number of likely N-dealkylation sites (tertiary alicyclic amines) is 1. The molecular formula is C30H40N2O. The van der Waals surface area contributed by atoms with Crippen molar-refractivity contribution >= 4 is 5.70 Å². The van der Waals surface area contributed by atoms with Gasteiger partial charge in [-0.2, -0.15) is 5.26 Å². The second-order valence-corrected chi connectivity index (χ2v) is 10.5. The molecule has 0 amide bonds. The Morgan fingerprint density at radius 2 is 2.00 bits per heavy atom. The van der Waals surface area contributed by atoms with Gasteiger partial charge in [0.15, 0.2) is 0 Å². The lowest BCUT2D eigenvalue weighted by Gasteiger charge is -2.47. The molecule has 1 aromatic carbocycles. The van der Waals surface area contributed by atoms with Crippen molar-refractivity contribution in [3.63, 3.8) is 0 Å². The monoisotopic (exact) mass is 444 g/mol. The maximum atomic E-state index is 9.67. The Bertz CT molecular complexity index is 952. The van der Waals surface area contributed by atoms with Gasteiger partial charge in [-0.25, -0.2) is 0 Å². The van der Waals surface area contributed by atoms with Gasteiger partial charge >= 0.3 is 0 Å². The van der Waals surface area contributed by atoms with Gasteiger partial charge in [-0.05, 0) is 80.1 Å². The molecule has 0 aromatic heterocycles. The smallest absolute Gasteiger partial charge is 0.0994 e. The molecule has 1 unspecified atom stereocenters. The quantitative estimate of drug-likeness (QED) is 0.402. The number of hydrogen-bond donors (Lipinski definition) is 0. The van der Waals surface area contributed by atoms with E-state index >= 15 is 0 Å². The lowest BCUT2D eigenvalue weighted by atomic mass is 9.67. The second kappa shape index (κ2) is 11.0. The Kier molecular flexibility index (Phi) is 8.38. The molecule has 0 saturated carbocycles. The van der Waals surface area contributed by atoms with Crippen LogP contribution in [0.3, 0.4) is 0 Å². The minimum absolute atomic E-state index is 0.171. The van der Waals surface area contributed by atoms with Crippen molar-refractivity contribution in [3.8, 4) is 6.07 Å². The molecule has 0 radical (unpaired) electrons. The minimum atomic E-state index is 0.171. The minimum Gasteiger partial charge on any atom is -0.371 e. The van der Waals surface area contributed by atoms with E-state index in [0.29, 0.717) is 5.92 Å². The Morgan fingerprint density at radius 1 is 1.27 bits per heavy atom. The molecule has 1 spiro atoms. The van der Waals surface area contributed by atoms with Gasteiger partial charge in [0.05, 0.1) is 23.8 Å². The Labute approximate surface area is 201 Å². The number of piperidine rings is 1. The van der Waals surface area contributed by atoms with E-state index in [9.17, 15) is 5.26 Å². The van der Waals surface area contributed by atoms with Crippen LogP contribution in [0.5, 0.6) is 0 Å². The molecule has 1 aliphatic carbocycles. The molecule has 3 heteroatoms. The second-order valence-electron chi connectivity index (χ2n) is 10.5. The number of benzene rings is 1. The number of hydrogen-bond acceptors (Lipinski definition) is 3. The zero-order chi connectivity index (χ0) is 24.0. The van der Waals surface area contributed by atoms with Crippen LogP contribution in [0.4, 0.5) is 0 Å². The highest BCUT2D eigenvalue weighted by atomic mass is 16.5. The summed E-state index contributed by atoms with van der Waals surface area (Å²) in [5.41, 5.74) is 5.64. The molecule has 3 nitrogen and oxygen atoms in total. The lowest BCUT2D eigenvalue weighted by Crippen LogP contribution is -2.43. The van der Waals surface area contributed by atoms with Crippen LogP contribution in [0, 0.1) is 22.7 Å². The summed E-state index contributed by atoms with van der Waals surface area (Å²) in [5.74, 6) is 0.531. The van der Waals surface area contributed by atoms with Crippen molar-refractivity contribution in [3.05, 3.63) is 77.9 Å². The average molecular weight is 445 g/mol. The first-order valence-corrected chi connectivity index (χ1v) is 12.4. The molecular weight excluding hydrogens is 404 g/mol. The topological polar surface area (TPSA) is 36.3 Å². The van der Waals surface area contributed by atoms with Crippen molar-refractivity contribution in [2.75, 3.05) is 13.1 Å². The molecule has 1 heterocycles. The molecule has 1 aromatic rings. The highest BCUT2D eigenvalue weighted by Crippen LogP contribution is 2.46. The van der Waals surface area contributed by atoms with Crippen LogP contribution >= 0.6 is 0 Å². The van der Waals surface area contributed by atoms with E-state index in [0.717, 1.165) is 67.6 Å². The summed E-state index contributed by atoms with van der Waals surface area (Å²) >= 11 is 0. The molecule has 3 rings (SSSR count). The normalized spacial score (nSPS) is 20.3. The lowest BCUT2D eigenvalue weighted by molar-refractivity contribution is -0.0140.